The molecule has 2 heterocycles. The average Bonchev–Trinajstić information content (AvgIpc) is 3.24. The number of hydrogen-bond donors (Lipinski definition) is 2. The van der Waals surface area contributed by atoms with Crippen molar-refractivity contribution in [2.45, 2.75) is 39.7 Å². The molecule has 0 saturated heterocycles. The Balaban J connectivity index is 1.53. The predicted octanol–water partition coefficient (Wildman–Crippen LogP) is 6.57. The van der Waals surface area contributed by atoms with E-state index in [1.807, 2.05) is 71.5 Å². The molecule has 0 fully saturated rings. The summed E-state index contributed by atoms with van der Waals surface area (Å²) in [6.45, 7) is 9.33. The van der Waals surface area contributed by atoms with E-state index in [1.54, 1.807) is 12.4 Å². The first-order valence-corrected chi connectivity index (χ1v) is 11.1. The molecule has 2 amide bonds. The number of anilines is 2. The van der Waals surface area contributed by atoms with Gasteiger partial charge in [-0.05, 0) is 59.9 Å². The summed E-state index contributed by atoms with van der Waals surface area (Å²) in [5.74, 6) is 0. The van der Waals surface area contributed by atoms with Crippen LogP contribution in [0.1, 0.15) is 33.3 Å². The van der Waals surface area contributed by atoms with Crippen LogP contribution in [0.2, 0.25) is 0 Å². The van der Waals surface area contributed by atoms with E-state index in [-0.39, 0.29) is 11.4 Å². The third kappa shape index (κ3) is 5.29. The van der Waals surface area contributed by atoms with E-state index in [1.165, 1.54) is 5.56 Å². The van der Waals surface area contributed by atoms with Crippen LogP contribution in [0.15, 0.2) is 79.3 Å². The Bertz CT molecular complexity index is 1240. The molecular weight excluding hydrogens is 410 g/mol. The second-order valence-electron chi connectivity index (χ2n) is 8.97. The number of nitrogens with one attached hydrogen (secondary N) is 2. The van der Waals surface area contributed by atoms with Gasteiger partial charge in [0.2, 0.25) is 0 Å². The maximum atomic E-state index is 12.6. The molecule has 2 aromatic heterocycles. The number of aromatic nitrogens is 3. The lowest BCUT2D eigenvalue weighted by molar-refractivity contribution is 0.262. The molecule has 0 unspecified atom stereocenters. The summed E-state index contributed by atoms with van der Waals surface area (Å²) in [5.41, 5.74) is 6.63. The Labute approximate surface area is 194 Å². The molecule has 0 aliphatic rings. The zero-order chi connectivity index (χ0) is 23.4. The van der Waals surface area contributed by atoms with Crippen LogP contribution in [-0.2, 0) is 12.0 Å². The lowest BCUT2D eigenvalue weighted by atomic mass is 9.87. The highest BCUT2D eigenvalue weighted by Gasteiger charge is 2.15. The summed E-state index contributed by atoms with van der Waals surface area (Å²) in [6.07, 6.45) is 5.56. The number of rotatable bonds is 5. The van der Waals surface area contributed by atoms with Crippen LogP contribution in [-0.4, -0.2) is 20.8 Å². The molecule has 0 spiro atoms. The van der Waals surface area contributed by atoms with Crippen LogP contribution >= 0.6 is 0 Å². The molecule has 0 radical (unpaired) electrons. The maximum Gasteiger partial charge on any atom is 0.323 e. The van der Waals surface area contributed by atoms with E-state index in [4.69, 9.17) is 5.10 Å². The highest BCUT2D eigenvalue weighted by molar-refractivity contribution is 6.00. The molecule has 168 valence electrons. The minimum absolute atomic E-state index is 0.0714. The van der Waals surface area contributed by atoms with Crippen LogP contribution in [0.4, 0.5) is 16.2 Å². The first kappa shape index (κ1) is 22.3. The smallest absolute Gasteiger partial charge is 0.308 e. The molecule has 6 nitrogen and oxygen atoms in total. The Morgan fingerprint density at radius 1 is 0.909 bits per heavy atom. The predicted molar refractivity (Wildman–Crippen MR) is 134 cm³/mol. The molecule has 2 N–H and O–H groups in total. The van der Waals surface area contributed by atoms with Crippen molar-refractivity contribution in [3.63, 3.8) is 0 Å². The molecular formula is C27H29N5O. The van der Waals surface area contributed by atoms with Gasteiger partial charge in [0.1, 0.15) is 5.69 Å². The molecule has 0 bridgehead atoms. The second-order valence-corrected chi connectivity index (χ2v) is 8.97. The molecule has 33 heavy (non-hydrogen) atoms. The fourth-order valence-corrected chi connectivity index (χ4v) is 3.63. The topological polar surface area (TPSA) is 71.8 Å². The molecule has 0 aliphatic heterocycles. The van der Waals surface area contributed by atoms with E-state index in [0.717, 1.165) is 34.6 Å². The van der Waals surface area contributed by atoms with Crippen molar-refractivity contribution in [2.24, 2.45) is 0 Å². The molecule has 0 atom stereocenters. The number of pyridine rings is 1. The van der Waals surface area contributed by atoms with E-state index < -0.39 is 0 Å². The number of aryl methyl sites for hydroxylation is 1. The quantitative estimate of drug-likeness (QED) is 0.369. The zero-order valence-corrected chi connectivity index (χ0v) is 19.5. The maximum absolute atomic E-state index is 12.6. The fraction of sp³-hybridized carbons (Fsp3) is 0.222. The van der Waals surface area contributed by atoms with Gasteiger partial charge in [-0.3, -0.25) is 9.67 Å². The highest BCUT2D eigenvalue weighted by Crippen LogP contribution is 2.32. The minimum Gasteiger partial charge on any atom is -0.308 e. The summed E-state index contributed by atoms with van der Waals surface area (Å²) in [5, 5.41) is 10.6. The normalized spacial score (nSPS) is 11.3. The summed E-state index contributed by atoms with van der Waals surface area (Å²) < 4.78 is 1.92. The van der Waals surface area contributed by atoms with Crippen LogP contribution in [0.25, 0.3) is 22.4 Å². The van der Waals surface area contributed by atoms with Gasteiger partial charge in [-0.1, -0.05) is 45.0 Å². The first-order chi connectivity index (χ1) is 15.8. The monoisotopic (exact) mass is 439 g/mol. The third-order valence-electron chi connectivity index (χ3n) is 5.48. The van der Waals surface area contributed by atoms with Crippen LogP contribution < -0.4 is 10.6 Å². The lowest BCUT2D eigenvalue weighted by Crippen LogP contribution is -2.19. The average molecular weight is 440 g/mol. The van der Waals surface area contributed by atoms with Gasteiger partial charge in [0.05, 0.1) is 0 Å². The van der Waals surface area contributed by atoms with Gasteiger partial charge < -0.3 is 10.6 Å². The number of nitrogens with zero attached hydrogens (tertiary/aromatic N) is 3. The van der Waals surface area contributed by atoms with E-state index >= 15 is 0 Å². The van der Waals surface area contributed by atoms with Crippen molar-refractivity contribution in [1.82, 2.24) is 14.8 Å². The zero-order valence-electron chi connectivity index (χ0n) is 19.5. The van der Waals surface area contributed by atoms with Gasteiger partial charge in [0.25, 0.3) is 0 Å². The number of amides is 2. The molecule has 2 aromatic carbocycles. The van der Waals surface area contributed by atoms with E-state index in [2.05, 4.69) is 43.3 Å². The highest BCUT2D eigenvalue weighted by atomic mass is 16.2. The number of carbonyl (C=O) groups excluding carboxylic acids is 1. The number of hydrogen-bond acceptors (Lipinski definition) is 3. The summed E-state index contributed by atoms with van der Waals surface area (Å²) >= 11 is 0. The second kappa shape index (κ2) is 9.28. The van der Waals surface area contributed by atoms with Gasteiger partial charge in [0, 0.05) is 47.6 Å². The van der Waals surface area contributed by atoms with E-state index in [9.17, 15) is 4.79 Å². The van der Waals surface area contributed by atoms with Crippen molar-refractivity contribution >= 4 is 17.4 Å². The summed E-state index contributed by atoms with van der Waals surface area (Å²) in [7, 11) is 0. The van der Waals surface area contributed by atoms with Crippen molar-refractivity contribution in [1.29, 1.82) is 0 Å². The van der Waals surface area contributed by atoms with Crippen molar-refractivity contribution in [3.05, 3.63) is 84.8 Å². The van der Waals surface area contributed by atoms with Crippen LogP contribution in [0.3, 0.4) is 0 Å². The van der Waals surface area contributed by atoms with Gasteiger partial charge in [-0.15, -0.1) is 0 Å². The van der Waals surface area contributed by atoms with Crippen LogP contribution in [0.5, 0.6) is 0 Å². The van der Waals surface area contributed by atoms with Crippen molar-refractivity contribution in [3.8, 4) is 22.4 Å². The van der Waals surface area contributed by atoms with E-state index in [0.29, 0.717) is 5.69 Å². The summed E-state index contributed by atoms with van der Waals surface area (Å²) in [4.78, 5) is 16.7. The third-order valence-corrected chi connectivity index (χ3v) is 5.48. The number of benzene rings is 2. The van der Waals surface area contributed by atoms with Gasteiger partial charge in [-0.2, -0.15) is 5.10 Å². The van der Waals surface area contributed by atoms with Crippen LogP contribution in [0, 0.1) is 0 Å². The Morgan fingerprint density at radius 3 is 2.27 bits per heavy atom. The molecule has 4 aromatic rings. The number of carbonyl (C=O) groups is 1. The van der Waals surface area contributed by atoms with Gasteiger partial charge in [0.15, 0.2) is 0 Å². The Kier molecular flexibility index (Phi) is 6.27. The SMILES string of the molecule is CCn1cc(-c2cccc(NC(=O)Nc3ccc(C(C)(C)C)cc3)c2)c(-c2ccncc2)n1. The summed E-state index contributed by atoms with van der Waals surface area (Å²) in [6, 6.07) is 19.4. The molecule has 0 aliphatic carbocycles. The Morgan fingerprint density at radius 2 is 1.61 bits per heavy atom. The van der Waals surface area contributed by atoms with Gasteiger partial charge >= 0.3 is 6.03 Å². The molecule has 4 rings (SSSR count). The van der Waals surface area contributed by atoms with Crippen molar-refractivity contribution in [2.75, 3.05) is 10.6 Å². The fourth-order valence-electron chi connectivity index (χ4n) is 3.63. The Hall–Kier alpha value is -3.93. The first-order valence-electron chi connectivity index (χ1n) is 11.1. The number of urea groups is 1. The largest absolute Gasteiger partial charge is 0.323 e. The minimum atomic E-state index is -0.283. The standard InChI is InChI=1S/C27H29N5O/c1-5-32-18-24(25(31-32)19-13-15-28-16-14-19)20-7-6-8-23(17-20)30-26(33)29-22-11-9-21(10-12-22)27(2,3)4/h6-18H,5H2,1-4H3,(H2,29,30,33). The molecule has 6 heteroatoms. The van der Waals surface area contributed by atoms with Crippen molar-refractivity contribution < 1.29 is 4.79 Å². The molecule has 0 saturated carbocycles. The lowest BCUT2D eigenvalue weighted by Gasteiger charge is -2.19. The van der Waals surface area contributed by atoms with Gasteiger partial charge in [-0.25, -0.2) is 4.79 Å².